The van der Waals surface area contributed by atoms with E-state index in [9.17, 15) is 9.59 Å². The van der Waals surface area contributed by atoms with Crippen LogP contribution in [-0.4, -0.2) is 38.7 Å². The second-order valence-electron chi connectivity index (χ2n) is 6.31. The second-order valence-corrected chi connectivity index (χ2v) is 8.28. The fourth-order valence-corrected chi connectivity index (χ4v) is 4.76. The van der Waals surface area contributed by atoms with Crippen molar-refractivity contribution in [3.8, 4) is 0 Å². The summed E-state index contributed by atoms with van der Waals surface area (Å²) in [7, 11) is 1.61. The Morgan fingerprint density at radius 2 is 1.93 bits per heavy atom. The molecule has 0 atom stereocenters. The van der Waals surface area contributed by atoms with E-state index < -0.39 is 0 Å². The number of amides is 2. The molecule has 9 heteroatoms. The Hall–Kier alpha value is -2.09. The molecule has 1 heterocycles. The minimum atomic E-state index is -0.333. The van der Waals surface area contributed by atoms with Crippen LogP contribution in [0.25, 0.3) is 0 Å². The van der Waals surface area contributed by atoms with E-state index in [0.717, 1.165) is 28.3 Å². The molecular formula is C20H21Cl2N3O3S. The van der Waals surface area contributed by atoms with E-state index in [1.54, 1.807) is 37.1 Å². The molecule has 0 aliphatic carbocycles. The first-order chi connectivity index (χ1) is 13.9. The lowest BCUT2D eigenvalue weighted by Gasteiger charge is -2.24. The average Bonchev–Trinajstić information content (AvgIpc) is 3.09. The van der Waals surface area contributed by atoms with Crippen LogP contribution in [0.2, 0.25) is 10.0 Å². The van der Waals surface area contributed by atoms with Gasteiger partial charge in [0.2, 0.25) is 0 Å². The van der Waals surface area contributed by atoms with Crippen LogP contribution in [0.5, 0.6) is 0 Å². The summed E-state index contributed by atoms with van der Waals surface area (Å²) in [6.45, 7) is 2.76. The SMILES string of the molecule is CCOC(=O)CN(Sc1cc(Cl)cc(Cl)c1)c1ccc2c(c1)CCN2C(=O)NC. The van der Waals surface area contributed by atoms with E-state index in [4.69, 9.17) is 27.9 Å². The van der Waals surface area contributed by atoms with Crippen LogP contribution >= 0.6 is 35.1 Å². The Kier molecular flexibility index (Phi) is 7.16. The lowest BCUT2D eigenvalue weighted by Crippen LogP contribution is -2.36. The van der Waals surface area contributed by atoms with Crippen molar-refractivity contribution in [3.05, 3.63) is 52.0 Å². The number of ether oxygens (including phenoxy) is 1. The number of rotatable bonds is 6. The summed E-state index contributed by atoms with van der Waals surface area (Å²) in [6, 6.07) is 10.9. The average molecular weight is 454 g/mol. The quantitative estimate of drug-likeness (QED) is 0.503. The number of urea groups is 1. The molecule has 0 fully saturated rings. The zero-order valence-corrected chi connectivity index (χ0v) is 18.4. The van der Waals surface area contributed by atoms with Crippen LogP contribution in [0.4, 0.5) is 16.2 Å². The van der Waals surface area contributed by atoms with Crippen LogP contribution in [0, 0.1) is 0 Å². The Morgan fingerprint density at radius 3 is 2.59 bits per heavy atom. The highest BCUT2D eigenvalue weighted by molar-refractivity contribution is 8.00. The maximum absolute atomic E-state index is 12.2. The normalized spacial score (nSPS) is 12.5. The summed E-state index contributed by atoms with van der Waals surface area (Å²) >= 11 is 13.6. The predicted molar refractivity (Wildman–Crippen MR) is 118 cm³/mol. The smallest absolute Gasteiger partial charge is 0.326 e. The molecule has 2 aromatic carbocycles. The highest BCUT2D eigenvalue weighted by atomic mass is 35.5. The summed E-state index contributed by atoms with van der Waals surface area (Å²) in [5.74, 6) is -0.333. The number of anilines is 2. The van der Waals surface area contributed by atoms with Crippen LogP contribution in [0.3, 0.4) is 0 Å². The number of benzene rings is 2. The third-order valence-electron chi connectivity index (χ3n) is 4.34. The first-order valence-electron chi connectivity index (χ1n) is 9.10. The first kappa shape index (κ1) is 21.6. The molecule has 0 unspecified atom stereocenters. The molecule has 0 aromatic heterocycles. The maximum atomic E-state index is 12.2. The largest absolute Gasteiger partial charge is 0.465 e. The molecule has 1 aliphatic heterocycles. The number of carbonyl (C=O) groups excluding carboxylic acids is 2. The molecule has 6 nitrogen and oxygen atoms in total. The van der Waals surface area contributed by atoms with Gasteiger partial charge in [-0.3, -0.25) is 9.69 Å². The number of nitrogens with zero attached hydrogens (tertiary/aromatic N) is 2. The maximum Gasteiger partial charge on any atom is 0.326 e. The van der Waals surface area contributed by atoms with Crippen molar-refractivity contribution in [1.82, 2.24) is 5.32 Å². The van der Waals surface area contributed by atoms with E-state index in [1.807, 2.05) is 22.5 Å². The lowest BCUT2D eigenvalue weighted by atomic mass is 10.1. The number of hydrogen-bond donors (Lipinski definition) is 1. The van der Waals surface area contributed by atoms with Crippen molar-refractivity contribution in [1.29, 1.82) is 0 Å². The van der Waals surface area contributed by atoms with Gasteiger partial charge in [-0.1, -0.05) is 23.2 Å². The number of carbonyl (C=O) groups is 2. The van der Waals surface area contributed by atoms with E-state index in [1.165, 1.54) is 11.9 Å². The van der Waals surface area contributed by atoms with Crippen LogP contribution < -0.4 is 14.5 Å². The Labute approximate surface area is 184 Å². The van der Waals surface area contributed by atoms with Gasteiger partial charge < -0.3 is 14.4 Å². The minimum absolute atomic E-state index is 0.0561. The third-order valence-corrected chi connectivity index (χ3v) is 5.78. The highest BCUT2D eigenvalue weighted by Crippen LogP contribution is 2.36. The molecule has 0 radical (unpaired) electrons. The van der Waals surface area contributed by atoms with Gasteiger partial charge in [0.1, 0.15) is 6.54 Å². The summed E-state index contributed by atoms with van der Waals surface area (Å²) in [5.41, 5.74) is 2.75. The van der Waals surface area contributed by atoms with Crippen LogP contribution in [-0.2, 0) is 16.0 Å². The number of fused-ring (bicyclic) bond motifs is 1. The van der Waals surface area contributed by atoms with Crippen molar-refractivity contribution >= 4 is 58.5 Å². The summed E-state index contributed by atoms with van der Waals surface area (Å²) in [5, 5.41) is 3.69. The number of hydrogen-bond acceptors (Lipinski definition) is 5. The second kappa shape index (κ2) is 9.61. The zero-order valence-electron chi connectivity index (χ0n) is 16.1. The van der Waals surface area contributed by atoms with Gasteiger partial charge in [0.05, 0.1) is 6.61 Å². The Balaban J connectivity index is 1.89. The topological polar surface area (TPSA) is 61.9 Å². The van der Waals surface area contributed by atoms with Crippen molar-refractivity contribution < 1.29 is 14.3 Å². The van der Waals surface area contributed by atoms with Crippen molar-refractivity contribution in [2.24, 2.45) is 0 Å². The van der Waals surface area contributed by atoms with Gasteiger partial charge in [-0.25, -0.2) is 4.79 Å². The summed E-state index contributed by atoms with van der Waals surface area (Å²) in [4.78, 5) is 26.7. The Bertz CT molecular complexity index is 906. The third kappa shape index (κ3) is 5.29. The molecule has 2 aromatic rings. The molecule has 0 spiro atoms. The molecule has 0 saturated heterocycles. The fraction of sp³-hybridized carbons (Fsp3) is 0.300. The predicted octanol–water partition coefficient (Wildman–Crippen LogP) is 4.77. The molecule has 1 aliphatic rings. The van der Waals surface area contributed by atoms with Crippen LogP contribution in [0.1, 0.15) is 12.5 Å². The monoisotopic (exact) mass is 453 g/mol. The molecule has 1 N–H and O–H groups in total. The van der Waals surface area contributed by atoms with E-state index in [2.05, 4.69) is 5.32 Å². The molecule has 0 bridgehead atoms. The van der Waals surface area contributed by atoms with Gasteiger partial charge in [-0.05, 0) is 67.3 Å². The standard InChI is InChI=1S/C20H21Cl2N3O3S/c1-3-28-19(26)12-25(29-17-10-14(21)9-15(22)11-17)16-4-5-18-13(8-16)6-7-24(18)20(27)23-2/h4-5,8-11H,3,6-7,12H2,1-2H3,(H,23,27). The van der Waals surface area contributed by atoms with E-state index in [0.29, 0.717) is 23.2 Å². The number of esters is 1. The first-order valence-corrected chi connectivity index (χ1v) is 10.6. The summed E-state index contributed by atoms with van der Waals surface area (Å²) in [6.07, 6.45) is 0.748. The lowest BCUT2D eigenvalue weighted by molar-refractivity contribution is -0.141. The highest BCUT2D eigenvalue weighted by Gasteiger charge is 2.25. The zero-order chi connectivity index (χ0) is 21.0. The fourth-order valence-electron chi connectivity index (χ4n) is 3.10. The molecule has 2 amide bonds. The van der Waals surface area contributed by atoms with Crippen molar-refractivity contribution in [2.75, 3.05) is 35.9 Å². The van der Waals surface area contributed by atoms with E-state index >= 15 is 0 Å². The number of halogens is 2. The Morgan fingerprint density at radius 1 is 1.21 bits per heavy atom. The van der Waals surface area contributed by atoms with Gasteiger partial charge in [0.25, 0.3) is 0 Å². The number of nitrogens with one attached hydrogen (secondary N) is 1. The minimum Gasteiger partial charge on any atom is -0.465 e. The molecule has 29 heavy (non-hydrogen) atoms. The molecular weight excluding hydrogens is 433 g/mol. The van der Waals surface area contributed by atoms with Gasteiger partial charge in [-0.15, -0.1) is 0 Å². The van der Waals surface area contributed by atoms with E-state index in [-0.39, 0.29) is 18.5 Å². The van der Waals surface area contributed by atoms with Crippen LogP contribution in [0.15, 0.2) is 41.3 Å². The molecule has 0 saturated carbocycles. The molecule has 154 valence electrons. The molecule has 3 rings (SSSR count). The van der Waals surface area contributed by atoms with Gasteiger partial charge >= 0.3 is 12.0 Å². The van der Waals surface area contributed by atoms with Gasteiger partial charge in [-0.2, -0.15) is 0 Å². The van der Waals surface area contributed by atoms with Crippen molar-refractivity contribution in [3.63, 3.8) is 0 Å². The summed E-state index contributed by atoms with van der Waals surface area (Å²) < 4.78 is 6.96. The van der Waals surface area contributed by atoms with Gasteiger partial charge in [0, 0.05) is 39.9 Å². The van der Waals surface area contributed by atoms with Gasteiger partial charge in [0.15, 0.2) is 0 Å². The van der Waals surface area contributed by atoms with Crippen molar-refractivity contribution in [2.45, 2.75) is 18.2 Å².